The summed E-state index contributed by atoms with van der Waals surface area (Å²) in [5, 5.41) is 0. The molecule has 1 aliphatic rings. The van der Waals surface area contributed by atoms with E-state index in [2.05, 4.69) is 11.8 Å². The van der Waals surface area contributed by atoms with Crippen molar-refractivity contribution < 1.29 is 4.79 Å². The lowest BCUT2D eigenvalue weighted by molar-refractivity contribution is 0.0608. The number of carbonyl (C=O) groups excluding carboxylic acids is 1. The molecule has 2 heteroatoms. The van der Waals surface area contributed by atoms with Gasteiger partial charge in [-0.15, -0.1) is 0 Å². The predicted octanol–water partition coefficient (Wildman–Crippen LogP) is 3.40. The van der Waals surface area contributed by atoms with E-state index >= 15 is 0 Å². The molecule has 2 rings (SSSR count). The molecule has 17 heavy (non-hydrogen) atoms. The van der Waals surface area contributed by atoms with Crippen LogP contribution in [0.3, 0.4) is 0 Å². The van der Waals surface area contributed by atoms with Gasteiger partial charge in [0.05, 0.1) is 0 Å². The quantitative estimate of drug-likeness (QED) is 0.764. The third-order valence-corrected chi connectivity index (χ3v) is 3.62. The lowest BCUT2D eigenvalue weighted by Gasteiger charge is -2.35. The lowest BCUT2D eigenvalue weighted by atomic mass is 9.98. The third-order valence-electron chi connectivity index (χ3n) is 3.62. The van der Waals surface area contributed by atoms with Gasteiger partial charge < -0.3 is 4.90 Å². The normalized spacial score (nSPS) is 20.4. The topological polar surface area (TPSA) is 20.3 Å². The zero-order chi connectivity index (χ0) is 12.3. The van der Waals surface area contributed by atoms with Gasteiger partial charge in [-0.3, -0.25) is 4.79 Å². The summed E-state index contributed by atoms with van der Waals surface area (Å²) in [5.41, 5.74) is 1.99. The molecule has 0 aromatic heterocycles. The Morgan fingerprint density at radius 3 is 2.94 bits per heavy atom. The molecule has 1 aliphatic heterocycles. The summed E-state index contributed by atoms with van der Waals surface area (Å²) in [6, 6.07) is 8.36. The standard InChI is InChI=1S/C15H21NO/c1-3-14-9-4-5-10-16(14)15(17)13-8-6-7-12(2)11-13/h6-8,11,14H,3-5,9-10H2,1-2H3/t14-/m1/s1. The molecular weight excluding hydrogens is 210 g/mol. The number of hydrogen-bond acceptors (Lipinski definition) is 1. The van der Waals surface area contributed by atoms with Crippen LogP contribution in [0.4, 0.5) is 0 Å². The van der Waals surface area contributed by atoms with Gasteiger partial charge in [-0.2, -0.15) is 0 Å². The molecule has 0 saturated carbocycles. The Balaban J connectivity index is 2.18. The zero-order valence-electron chi connectivity index (χ0n) is 10.8. The summed E-state index contributed by atoms with van der Waals surface area (Å²) in [5.74, 6) is 0.209. The summed E-state index contributed by atoms with van der Waals surface area (Å²) < 4.78 is 0. The van der Waals surface area contributed by atoms with Gasteiger partial charge >= 0.3 is 0 Å². The smallest absolute Gasteiger partial charge is 0.254 e. The van der Waals surface area contributed by atoms with Crippen molar-refractivity contribution in [1.29, 1.82) is 0 Å². The van der Waals surface area contributed by atoms with E-state index in [1.165, 1.54) is 6.42 Å². The highest BCUT2D eigenvalue weighted by Crippen LogP contribution is 2.21. The summed E-state index contributed by atoms with van der Waals surface area (Å²) in [7, 11) is 0. The molecule has 92 valence electrons. The molecule has 0 spiro atoms. The van der Waals surface area contributed by atoms with Crippen LogP contribution in [0.25, 0.3) is 0 Å². The molecule has 0 radical (unpaired) electrons. The van der Waals surface area contributed by atoms with E-state index in [1.54, 1.807) is 0 Å². The van der Waals surface area contributed by atoms with Crippen LogP contribution in [-0.2, 0) is 0 Å². The minimum atomic E-state index is 0.209. The van der Waals surface area contributed by atoms with Gasteiger partial charge in [0.15, 0.2) is 0 Å². The Morgan fingerprint density at radius 2 is 2.24 bits per heavy atom. The van der Waals surface area contributed by atoms with Crippen molar-refractivity contribution in [1.82, 2.24) is 4.90 Å². The fourth-order valence-electron chi connectivity index (χ4n) is 2.64. The number of nitrogens with zero attached hydrogens (tertiary/aromatic N) is 1. The van der Waals surface area contributed by atoms with E-state index in [-0.39, 0.29) is 5.91 Å². The van der Waals surface area contributed by atoms with Crippen LogP contribution >= 0.6 is 0 Å². The second-order valence-corrected chi connectivity index (χ2v) is 4.93. The fourth-order valence-corrected chi connectivity index (χ4v) is 2.64. The molecule has 0 aliphatic carbocycles. The monoisotopic (exact) mass is 231 g/mol. The molecule has 1 fully saturated rings. The second-order valence-electron chi connectivity index (χ2n) is 4.93. The van der Waals surface area contributed by atoms with E-state index in [0.29, 0.717) is 6.04 Å². The molecule has 0 bridgehead atoms. The maximum absolute atomic E-state index is 12.4. The molecule has 0 unspecified atom stereocenters. The molecule has 1 saturated heterocycles. The van der Waals surface area contributed by atoms with Crippen LogP contribution < -0.4 is 0 Å². The first-order chi connectivity index (χ1) is 8.22. The van der Waals surface area contributed by atoms with Crippen LogP contribution in [0.2, 0.25) is 0 Å². The average Bonchev–Trinajstić information content (AvgIpc) is 2.38. The number of amides is 1. The summed E-state index contributed by atoms with van der Waals surface area (Å²) in [6.45, 7) is 5.13. The van der Waals surface area contributed by atoms with Gasteiger partial charge in [0.2, 0.25) is 0 Å². The Bertz CT molecular complexity index is 400. The SMILES string of the molecule is CC[C@@H]1CCCCN1C(=O)c1cccc(C)c1. The van der Waals surface area contributed by atoms with Crippen LogP contribution in [0.15, 0.2) is 24.3 Å². The summed E-state index contributed by atoms with van der Waals surface area (Å²) >= 11 is 0. The van der Waals surface area contributed by atoms with E-state index in [4.69, 9.17) is 0 Å². The van der Waals surface area contributed by atoms with Crippen LogP contribution in [0.5, 0.6) is 0 Å². The zero-order valence-corrected chi connectivity index (χ0v) is 10.8. The lowest BCUT2D eigenvalue weighted by Crippen LogP contribution is -2.43. The molecular formula is C15H21NO. The number of benzene rings is 1. The van der Waals surface area contributed by atoms with Crippen LogP contribution in [-0.4, -0.2) is 23.4 Å². The van der Waals surface area contributed by atoms with E-state index in [9.17, 15) is 4.79 Å². The average molecular weight is 231 g/mol. The number of rotatable bonds is 2. The maximum Gasteiger partial charge on any atom is 0.254 e. The first-order valence-electron chi connectivity index (χ1n) is 6.60. The number of hydrogen-bond donors (Lipinski definition) is 0. The highest BCUT2D eigenvalue weighted by molar-refractivity contribution is 5.94. The second kappa shape index (κ2) is 5.35. The highest BCUT2D eigenvalue weighted by Gasteiger charge is 2.25. The van der Waals surface area contributed by atoms with Crippen molar-refractivity contribution >= 4 is 5.91 Å². The molecule has 1 amide bonds. The van der Waals surface area contributed by atoms with Gasteiger partial charge in [0.25, 0.3) is 5.91 Å². The molecule has 1 aromatic carbocycles. The minimum absolute atomic E-state index is 0.209. The summed E-state index contributed by atoms with van der Waals surface area (Å²) in [4.78, 5) is 14.5. The van der Waals surface area contributed by atoms with Crippen molar-refractivity contribution in [2.45, 2.75) is 45.6 Å². The number of aryl methyl sites for hydroxylation is 1. The fraction of sp³-hybridized carbons (Fsp3) is 0.533. The number of likely N-dealkylation sites (tertiary alicyclic amines) is 1. The first-order valence-corrected chi connectivity index (χ1v) is 6.60. The van der Waals surface area contributed by atoms with Crippen molar-refractivity contribution in [3.8, 4) is 0 Å². The molecule has 1 heterocycles. The Labute approximate surface area is 104 Å². The molecule has 0 N–H and O–H groups in total. The van der Waals surface area contributed by atoms with Crippen molar-refractivity contribution in [2.24, 2.45) is 0 Å². The molecule has 2 nitrogen and oxygen atoms in total. The van der Waals surface area contributed by atoms with E-state index < -0.39 is 0 Å². The van der Waals surface area contributed by atoms with E-state index in [1.807, 2.05) is 31.2 Å². The minimum Gasteiger partial charge on any atom is -0.336 e. The number of carbonyl (C=O) groups is 1. The highest BCUT2D eigenvalue weighted by atomic mass is 16.2. The number of piperidine rings is 1. The Kier molecular flexibility index (Phi) is 3.82. The van der Waals surface area contributed by atoms with Gasteiger partial charge in [0.1, 0.15) is 0 Å². The third kappa shape index (κ3) is 2.68. The molecule has 1 aromatic rings. The van der Waals surface area contributed by atoms with Gasteiger partial charge in [-0.25, -0.2) is 0 Å². The Hall–Kier alpha value is -1.31. The van der Waals surface area contributed by atoms with Crippen LogP contribution in [0, 0.1) is 6.92 Å². The Morgan fingerprint density at radius 1 is 1.41 bits per heavy atom. The van der Waals surface area contributed by atoms with Gasteiger partial charge in [0, 0.05) is 18.2 Å². The molecule has 1 atom stereocenters. The van der Waals surface area contributed by atoms with Gasteiger partial charge in [-0.05, 0) is 44.7 Å². The summed E-state index contributed by atoms with van der Waals surface area (Å²) in [6.07, 6.45) is 4.63. The first kappa shape index (κ1) is 12.2. The van der Waals surface area contributed by atoms with Gasteiger partial charge in [-0.1, -0.05) is 24.6 Å². The maximum atomic E-state index is 12.4. The van der Waals surface area contributed by atoms with Crippen molar-refractivity contribution in [3.63, 3.8) is 0 Å². The largest absolute Gasteiger partial charge is 0.336 e. The predicted molar refractivity (Wildman–Crippen MR) is 70.1 cm³/mol. The van der Waals surface area contributed by atoms with E-state index in [0.717, 1.165) is 36.9 Å². The van der Waals surface area contributed by atoms with Crippen LogP contribution in [0.1, 0.15) is 48.5 Å². The van der Waals surface area contributed by atoms with Crippen molar-refractivity contribution in [2.75, 3.05) is 6.54 Å². The van der Waals surface area contributed by atoms with Crippen molar-refractivity contribution in [3.05, 3.63) is 35.4 Å².